The van der Waals surface area contributed by atoms with Crippen molar-refractivity contribution >= 4 is 41.1 Å². The number of thiol groups is 1. The molecule has 0 aliphatic carbocycles. The third kappa shape index (κ3) is 3.14. The quantitative estimate of drug-likeness (QED) is 0.854. The topological polar surface area (TPSA) is 37.4 Å². The van der Waals surface area contributed by atoms with Crippen LogP contribution in [0.5, 0.6) is 0 Å². The van der Waals surface area contributed by atoms with Crippen molar-refractivity contribution in [1.82, 2.24) is 0 Å². The standard InChI is InChI=1S/C17H14FNO2S2/c1-10-8-12(17(21)22)4-7-14(10)19-15(20)9-23-16(19)11-2-5-13(18)6-3-11/h2-8,16H,9H2,1H3,(H,21,22). The number of benzene rings is 2. The van der Waals surface area contributed by atoms with Crippen molar-refractivity contribution in [3.05, 3.63) is 65.0 Å². The average molecular weight is 347 g/mol. The van der Waals surface area contributed by atoms with Crippen molar-refractivity contribution in [2.75, 3.05) is 10.7 Å². The molecule has 23 heavy (non-hydrogen) atoms. The van der Waals surface area contributed by atoms with E-state index in [1.807, 2.05) is 6.92 Å². The van der Waals surface area contributed by atoms with Crippen LogP contribution in [0.4, 0.5) is 10.1 Å². The van der Waals surface area contributed by atoms with E-state index < -0.39 is 0 Å². The second kappa shape index (κ2) is 6.37. The number of carbonyl (C=O) groups excluding carboxylic acids is 2. The Balaban J connectivity index is 2.00. The summed E-state index contributed by atoms with van der Waals surface area (Å²) < 4.78 is 13.1. The van der Waals surface area contributed by atoms with Crippen LogP contribution < -0.4 is 4.90 Å². The summed E-state index contributed by atoms with van der Waals surface area (Å²) in [6.45, 7) is 1.85. The Kier molecular flexibility index (Phi) is 4.46. The first-order valence-electron chi connectivity index (χ1n) is 7.00. The highest BCUT2D eigenvalue weighted by Crippen LogP contribution is 2.42. The fraction of sp³-hybridized carbons (Fsp3) is 0.176. The molecule has 0 radical (unpaired) electrons. The number of aryl methyl sites for hydroxylation is 1. The van der Waals surface area contributed by atoms with Crippen molar-refractivity contribution < 1.29 is 14.0 Å². The maximum absolute atomic E-state index is 13.1. The number of halogens is 1. The van der Waals surface area contributed by atoms with Gasteiger partial charge in [-0.1, -0.05) is 12.1 Å². The van der Waals surface area contributed by atoms with Crippen molar-refractivity contribution in [2.24, 2.45) is 0 Å². The highest BCUT2D eigenvalue weighted by molar-refractivity contribution is 8.00. The summed E-state index contributed by atoms with van der Waals surface area (Å²) in [4.78, 5) is 25.4. The molecule has 1 fully saturated rings. The zero-order valence-electron chi connectivity index (χ0n) is 12.3. The van der Waals surface area contributed by atoms with Crippen molar-refractivity contribution in [3.63, 3.8) is 0 Å². The Bertz CT molecular complexity index is 777. The van der Waals surface area contributed by atoms with Crippen LogP contribution in [0.1, 0.15) is 26.9 Å². The molecule has 118 valence electrons. The van der Waals surface area contributed by atoms with Gasteiger partial charge >= 0.3 is 0 Å². The Morgan fingerprint density at radius 2 is 1.96 bits per heavy atom. The van der Waals surface area contributed by atoms with Crippen LogP contribution in [-0.4, -0.2) is 16.8 Å². The van der Waals surface area contributed by atoms with Gasteiger partial charge in [0.05, 0.1) is 5.75 Å². The van der Waals surface area contributed by atoms with E-state index in [1.165, 1.54) is 23.9 Å². The minimum absolute atomic E-state index is 0.00243. The van der Waals surface area contributed by atoms with Crippen molar-refractivity contribution in [3.8, 4) is 0 Å². The molecule has 1 aliphatic heterocycles. The third-order valence-electron chi connectivity index (χ3n) is 3.73. The molecule has 0 spiro atoms. The normalized spacial score (nSPS) is 17.6. The lowest BCUT2D eigenvalue weighted by Crippen LogP contribution is -2.28. The van der Waals surface area contributed by atoms with Crippen molar-refractivity contribution in [2.45, 2.75) is 12.3 Å². The third-order valence-corrected chi connectivity index (χ3v) is 5.20. The lowest BCUT2D eigenvalue weighted by atomic mass is 10.1. The summed E-state index contributed by atoms with van der Waals surface area (Å²) in [5, 5.41) is -0.504. The molecule has 1 atom stereocenters. The van der Waals surface area contributed by atoms with Gasteiger partial charge in [0, 0.05) is 11.3 Å². The van der Waals surface area contributed by atoms with Crippen LogP contribution in [0, 0.1) is 12.7 Å². The first-order valence-corrected chi connectivity index (χ1v) is 8.50. The number of anilines is 1. The van der Waals surface area contributed by atoms with Gasteiger partial charge in [-0.15, -0.1) is 24.4 Å². The fourth-order valence-electron chi connectivity index (χ4n) is 2.62. The largest absolute Gasteiger partial charge is 0.295 e. The Hall–Kier alpha value is -1.79. The van der Waals surface area contributed by atoms with E-state index in [0.717, 1.165) is 16.8 Å². The summed E-state index contributed by atoms with van der Waals surface area (Å²) in [6, 6.07) is 11.3. The molecule has 0 bridgehead atoms. The van der Waals surface area contributed by atoms with E-state index in [4.69, 9.17) is 0 Å². The molecule has 0 N–H and O–H groups in total. The summed E-state index contributed by atoms with van der Waals surface area (Å²) in [5.74, 6) is 0.0641. The first-order chi connectivity index (χ1) is 11.0. The fourth-order valence-corrected chi connectivity index (χ4v) is 3.93. The lowest BCUT2D eigenvalue weighted by molar-refractivity contribution is -0.115. The highest BCUT2D eigenvalue weighted by Gasteiger charge is 2.34. The molecular formula is C17H14FNO2S2. The van der Waals surface area contributed by atoms with Gasteiger partial charge in [-0.05, 0) is 48.4 Å². The van der Waals surface area contributed by atoms with Gasteiger partial charge in [0.2, 0.25) is 11.0 Å². The van der Waals surface area contributed by atoms with Gasteiger partial charge in [0.15, 0.2) is 0 Å². The zero-order valence-corrected chi connectivity index (χ0v) is 14.0. The number of nitrogens with zero attached hydrogens (tertiary/aromatic N) is 1. The molecule has 3 rings (SSSR count). The van der Waals surface area contributed by atoms with Crippen LogP contribution in [-0.2, 0) is 4.79 Å². The Morgan fingerprint density at radius 3 is 2.57 bits per heavy atom. The molecule has 1 amide bonds. The molecule has 3 nitrogen and oxygen atoms in total. The second-order valence-corrected chi connectivity index (χ2v) is 6.76. The molecular weight excluding hydrogens is 333 g/mol. The molecule has 2 aromatic carbocycles. The minimum Gasteiger partial charge on any atom is -0.295 e. The predicted octanol–water partition coefficient (Wildman–Crippen LogP) is 3.98. The lowest BCUT2D eigenvalue weighted by Gasteiger charge is -2.26. The average Bonchev–Trinajstić information content (AvgIpc) is 2.89. The summed E-state index contributed by atoms with van der Waals surface area (Å²) in [5.41, 5.74) is 2.95. The van der Waals surface area contributed by atoms with Gasteiger partial charge in [0.1, 0.15) is 11.2 Å². The molecule has 1 heterocycles. The molecule has 1 unspecified atom stereocenters. The Morgan fingerprint density at radius 1 is 1.26 bits per heavy atom. The number of amides is 1. The van der Waals surface area contributed by atoms with E-state index in [9.17, 15) is 14.0 Å². The van der Waals surface area contributed by atoms with E-state index >= 15 is 0 Å². The van der Waals surface area contributed by atoms with Gasteiger partial charge in [0.25, 0.3) is 0 Å². The number of rotatable bonds is 3. The maximum Gasteiger partial charge on any atom is 0.238 e. The van der Waals surface area contributed by atoms with E-state index in [0.29, 0.717) is 11.3 Å². The SMILES string of the molecule is Cc1cc(C(=O)S)ccc1N1C(=O)CSC1c1ccc(F)cc1. The van der Waals surface area contributed by atoms with E-state index in [2.05, 4.69) is 12.6 Å². The van der Waals surface area contributed by atoms with Gasteiger partial charge in [-0.25, -0.2) is 4.39 Å². The first kappa shape index (κ1) is 16.1. The number of carbonyl (C=O) groups is 2. The van der Waals surface area contributed by atoms with Crippen molar-refractivity contribution in [1.29, 1.82) is 0 Å². The molecule has 0 aromatic heterocycles. The van der Waals surface area contributed by atoms with Crippen LogP contribution in [0.2, 0.25) is 0 Å². The van der Waals surface area contributed by atoms with Crippen LogP contribution in [0.25, 0.3) is 0 Å². The zero-order chi connectivity index (χ0) is 16.6. The smallest absolute Gasteiger partial charge is 0.238 e. The molecule has 1 aliphatic rings. The predicted molar refractivity (Wildman–Crippen MR) is 93.6 cm³/mol. The summed E-state index contributed by atoms with van der Waals surface area (Å²) in [7, 11) is 0. The van der Waals surface area contributed by atoms with Crippen LogP contribution in [0.15, 0.2) is 42.5 Å². The monoisotopic (exact) mass is 347 g/mol. The van der Waals surface area contributed by atoms with Gasteiger partial charge in [-0.3, -0.25) is 14.5 Å². The van der Waals surface area contributed by atoms with Gasteiger partial charge < -0.3 is 0 Å². The number of thioether (sulfide) groups is 1. The van der Waals surface area contributed by atoms with Gasteiger partial charge in [-0.2, -0.15) is 0 Å². The summed E-state index contributed by atoms with van der Waals surface area (Å²) >= 11 is 5.33. The van der Waals surface area contributed by atoms with Crippen LogP contribution >= 0.6 is 24.4 Å². The minimum atomic E-state index is -0.308. The number of hydrogen-bond acceptors (Lipinski definition) is 3. The molecule has 2 aromatic rings. The molecule has 0 saturated carbocycles. The Labute approximate surface area is 143 Å². The van der Waals surface area contributed by atoms with Crippen LogP contribution in [0.3, 0.4) is 0 Å². The van der Waals surface area contributed by atoms with E-state index in [1.54, 1.807) is 35.2 Å². The maximum atomic E-state index is 13.1. The number of hydrogen-bond donors (Lipinski definition) is 1. The summed E-state index contributed by atoms with van der Waals surface area (Å²) in [6.07, 6.45) is 0. The van der Waals surface area contributed by atoms with E-state index in [-0.39, 0.29) is 22.2 Å². The molecule has 6 heteroatoms. The molecule has 1 saturated heterocycles. The highest BCUT2D eigenvalue weighted by atomic mass is 32.2. The second-order valence-electron chi connectivity index (χ2n) is 5.29.